The van der Waals surface area contributed by atoms with Gasteiger partial charge in [-0.15, -0.1) is 11.3 Å². The molecule has 74 valence electrons. The molecule has 0 aliphatic heterocycles. The third-order valence-corrected chi connectivity index (χ3v) is 2.25. The molecule has 14 heavy (non-hydrogen) atoms. The monoisotopic (exact) mass is 212 g/mol. The van der Waals surface area contributed by atoms with E-state index in [2.05, 4.69) is 10.5 Å². The summed E-state index contributed by atoms with van der Waals surface area (Å²) >= 11 is 1.26. The number of amides is 1. The Morgan fingerprint density at radius 3 is 2.79 bits per heavy atom. The zero-order valence-electron chi connectivity index (χ0n) is 7.35. The molecule has 0 aliphatic rings. The van der Waals surface area contributed by atoms with Crippen LogP contribution < -0.4 is 5.43 Å². The maximum atomic E-state index is 11.2. The highest BCUT2D eigenvalue weighted by atomic mass is 32.1. The van der Waals surface area contributed by atoms with Crippen molar-refractivity contribution in [2.45, 2.75) is 6.92 Å². The number of rotatable bonds is 3. The second kappa shape index (κ2) is 4.52. The van der Waals surface area contributed by atoms with E-state index in [1.54, 1.807) is 17.5 Å². The number of nitrogens with zero attached hydrogens (tertiary/aromatic N) is 1. The zero-order chi connectivity index (χ0) is 10.6. The summed E-state index contributed by atoms with van der Waals surface area (Å²) in [6.45, 7) is 1.30. The van der Waals surface area contributed by atoms with Crippen LogP contribution in [0.25, 0.3) is 0 Å². The van der Waals surface area contributed by atoms with Crippen LogP contribution in [-0.4, -0.2) is 22.7 Å². The van der Waals surface area contributed by atoms with Gasteiger partial charge in [-0.1, -0.05) is 6.07 Å². The van der Waals surface area contributed by atoms with Crippen molar-refractivity contribution in [1.29, 1.82) is 0 Å². The third-order valence-electron chi connectivity index (χ3n) is 1.38. The van der Waals surface area contributed by atoms with E-state index in [1.807, 2.05) is 0 Å². The number of carboxylic acid groups (broad SMARTS) is 1. The van der Waals surface area contributed by atoms with Crippen molar-refractivity contribution in [3.8, 4) is 0 Å². The van der Waals surface area contributed by atoms with E-state index in [0.29, 0.717) is 4.88 Å². The molecule has 0 aromatic carbocycles. The maximum Gasteiger partial charge on any atom is 0.351 e. The molecule has 1 aromatic rings. The molecular weight excluding hydrogens is 204 g/mol. The summed E-state index contributed by atoms with van der Waals surface area (Å²) in [4.78, 5) is 22.0. The average Bonchev–Trinajstić information content (AvgIpc) is 2.66. The number of aliphatic carboxylic acids is 1. The number of carbonyl (C=O) groups is 2. The molecule has 6 heteroatoms. The zero-order valence-corrected chi connectivity index (χ0v) is 8.17. The molecule has 1 heterocycles. The van der Waals surface area contributed by atoms with E-state index in [4.69, 9.17) is 5.11 Å². The predicted molar refractivity (Wildman–Crippen MR) is 52.5 cm³/mol. The fraction of sp³-hybridized carbons (Fsp3) is 0.125. The van der Waals surface area contributed by atoms with Crippen molar-refractivity contribution in [1.82, 2.24) is 5.43 Å². The molecule has 0 aliphatic carbocycles. The summed E-state index contributed by atoms with van der Waals surface area (Å²) in [7, 11) is 0. The number of hydrogen-bond acceptors (Lipinski definition) is 4. The van der Waals surface area contributed by atoms with Crippen molar-refractivity contribution in [2.75, 3.05) is 0 Å². The lowest BCUT2D eigenvalue weighted by Gasteiger charge is -1.96. The first-order valence-electron chi connectivity index (χ1n) is 3.72. The first-order valence-corrected chi connectivity index (χ1v) is 4.60. The van der Waals surface area contributed by atoms with Gasteiger partial charge in [-0.05, 0) is 18.4 Å². The molecular formula is C8H8N2O3S. The van der Waals surface area contributed by atoms with Crippen molar-refractivity contribution >= 4 is 28.9 Å². The number of carbonyl (C=O) groups excluding carboxylic acids is 1. The lowest BCUT2D eigenvalue weighted by atomic mass is 10.4. The highest BCUT2D eigenvalue weighted by molar-refractivity contribution is 7.12. The molecule has 2 N–H and O–H groups in total. The minimum absolute atomic E-state index is 0.157. The molecule has 0 unspecified atom stereocenters. The summed E-state index contributed by atoms with van der Waals surface area (Å²) in [5.74, 6) is -1.56. The summed E-state index contributed by atoms with van der Waals surface area (Å²) in [6.07, 6.45) is 0. The molecule has 1 rings (SSSR count). The minimum atomic E-state index is -1.16. The van der Waals surface area contributed by atoms with Crippen LogP contribution in [-0.2, 0) is 4.79 Å². The Labute approximate surface area is 84.1 Å². The Balaban J connectivity index is 2.59. The average molecular weight is 212 g/mol. The van der Waals surface area contributed by atoms with E-state index in [1.165, 1.54) is 18.3 Å². The molecule has 1 aromatic heterocycles. The van der Waals surface area contributed by atoms with Crippen LogP contribution in [0.4, 0.5) is 0 Å². The highest BCUT2D eigenvalue weighted by Gasteiger charge is 2.06. The number of hydrogen-bond donors (Lipinski definition) is 2. The van der Waals surface area contributed by atoms with E-state index >= 15 is 0 Å². The van der Waals surface area contributed by atoms with Crippen LogP contribution in [0.2, 0.25) is 0 Å². The Bertz CT molecular complexity index is 370. The minimum Gasteiger partial charge on any atom is -0.477 e. The summed E-state index contributed by atoms with van der Waals surface area (Å²) < 4.78 is 0. The van der Waals surface area contributed by atoms with Crippen molar-refractivity contribution in [2.24, 2.45) is 5.10 Å². The molecule has 0 fully saturated rings. The quantitative estimate of drug-likeness (QED) is 0.578. The summed E-state index contributed by atoms with van der Waals surface area (Å²) in [5, 5.41) is 13.6. The second-order valence-corrected chi connectivity index (χ2v) is 3.37. The molecule has 5 nitrogen and oxygen atoms in total. The maximum absolute atomic E-state index is 11.2. The van der Waals surface area contributed by atoms with Crippen LogP contribution in [0.3, 0.4) is 0 Å². The van der Waals surface area contributed by atoms with Gasteiger partial charge < -0.3 is 5.11 Å². The SMILES string of the molecule is C/C(=N/NC(=O)c1cccs1)C(=O)O. The van der Waals surface area contributed by atoms with Gasteiger partial charge in [-0.25, -0.2) is 10.2 Å². The van der Waals surface area contributed by atoms with E-state index < -0.39 is 11.9 Å². The molecule has 1 amide bonds. The summed E-state index contributed by atoms with van der Waals surface area (Å²) in [5.41, 5.74) is 1.99. The van der Waals surface area contributed by atoms with Crippen LogP contribution in [0.1, 0.15) is 16.6 Å². The molecule has 0 radical (unpaired) electrons. The molecule has 0 saturated carbocycles. The fourth-order valence-corrected chi connectivity index (χ4v) is 1.26. The van der Waals surface area contributed by atoms with Crippen LogP contribution >= 0.6 is 11.3 Å². The lowest BCUT2D eigenvalue weighted by Crippen LogP contribution is -2.20. The number of thiophene rings is 1. The van der Waals surface area contributed by atoms with Gasteiger partial charge in [0.15, 0.2) is 0 Å². The van der Waals surface area contributed by atoms with E-state index in [9.17, 15) is 9.59 Å². The third kappa shape index (κ3) is 2.67. The van der Waals surface area contributed by atoms with Gasteiger partial charge in [0.1, 0.15) is 5.71 Å². The molecule has 0 saturated heterocycles. The normalized spacial score (nSPS) is 11.1. The van der Waals surface area contributed by atoms with Gasteiger partial charge in [-0.3, -0.25) is 4.79 Å². The Morgan fingerprint density at radius 1 is 1.57 bits per heavy atom. The van der Waals surface area contributed by atoms with Crippen molar-refractivity contribution in [3.63, 3.8) is 0 Å². The second-order valence-electron chi connectivity index (χ2n) is 2.42. The lowest BCUT2D eigenvalue weighted by molar-refractivity contribution is -0.129. The van der Waals surface area contributed by atoms with Crippen LogP contribution in [0.15, 0.2) is 22.6 Å². The summed E-state index contributed by atoms with van der Waals surface area (Å²) in [6, 6.07) is 3.36. The standard InChI is InChI=1S/C8H8N2O3S/c1-5(8(12)13)9-10-7(11)6-3-2-4-14-6/h2-4H,1H3,(H,10,11)(H,12,13)/b9-5-. The molecule has 0 spiro atoms. The highest BCUT2D eigenvalue weighted by Crippen LogP contribution is 2.07. The fourth-order valence-electron chi connectivity index (χ4n) is 0.645. The molecule has 0 bridgehead atoms. The Hall–Kier alpha value is -1.69. The van der Waals surface area contributed by atoms with Gasteiger partial charge in [-0.2, -0.15) is 5.10 Å². The van der Waals surface area contributed by atoms with Gasteiger partial charge in [0.2, 0.25) is 0 Å². The van der Waals surface area contributed by atoms with Crippen LogP contribution in [0.5, 0.6) is 0 Å². The van der Waals surface area contributed by atoms with Gasteiger partial charge >= 0.3 is 5.97 Å². The van der Waals surface area contributed by atoms with Gasteiger partial charge in [0.25, 0.3) is 5.91 Å². The van der Waals surface area contributed by atoms with Crippen LogP contribution in [0, 0.1) is 0 Å². The first kappa shape index (κ1) is 10.4. The number of hydrazone groups is 1. The van der Waals surface area contributed by atoms with Crippen molar-refractivity contribution < 1.29 is 14.7 Å². The van der Waals surface area contributed by atoms with Gasteiger partial charge in [0.05, 0.1) is 4.88 Å². The Kier molecular flexibility index (Phi) is 3.35. The molecule has 0 atom stereocenters. The number of carboxylic acids is 1. The Morgan fingerprint density at radius 2 is 2.29 bits per heavy atom. The first-order chi connectivity index (χ1) is 6.61. The largest absolute Gasteiger partial charge is 0.477 e. The predicted octanol–water partition coefficient (Wildman–Crippen LogP) is 0.938. The number of nitrogens with one attached hydrogen (secondary N) is 1. The van der Waals surface area contributed by atoms with E-state index in [0.717, 1.165) is 0 Å². The van der Waals surface area contributed by atoms with Gasteiger partial charge in [0, 0.05) is 0 Å². The van der Waals surface area contributed by atoms with Crippen molar-refractivity contribution in [3.05, 3.63) is 22.4 Å². The topological polar surface area (TPSA) is 78.8 Å². The smallest absolute Gasteiger partial charge is 0.351 e. The van der Waals surface area contributed by atoms with E-state index in [-0.39, 0.29) is 5.71 Å².